The Bertz CT molecular complexity index is 1100. The largest absolute Gasteiger partial charge is 0.457 e. The predicted octanol–water partition coefficient (Wildman–Crippen LogP) is 3.56. The number of halogens is 1. The Kier molecular flexibility index (Phi) is 5.03. The van der Waals surface area contributed by atoms with E-state index in [9.17, 15) is 18.8 Å². The fraction of sp³-hybridized carbons (Fsp3) is 0.150. The monoisotopic (exact) mass is 369 g/mol. The van der Waals surface area contributed by atoms with Gasteiger partial charge in [0.15, 0.2) is 0 Å². The van der Waals surface area contributed by atoms with E-state index in [1.54, 1.807) is 19.1 Å². The molecule has 0 aliphatic heterocycles. The lowest BCUT2D eigenvalue weighted by Crippen LogP contribution is -2.09. The average Bonchev–Trinajstić information content (AvgIpc) is 2.60. The lowest BCUT2D eigenvalue weighted by atomic mass is 10.1. The molecule has 1 amide bonds. The molecule has 0 unspecified atom stereocenters. The Labute approximate surface area is 153 Å². The minimum absolute atomic E-state index is 0.0818. The van der Waals surface area contributed by atoms with Crippen LogP contribution in [0.1, 0.15) is 28.4 Å². The Morgan fingerprint density at radius 3 is 2.63 bits per heavy atom. The highest BCUT2D eigenvalue weighted by Crippen LogP contribution is 2.22. The number of carbonyl (C=O) groups is 2. The van der Waals surface area contributed by atoms with Crippen molar-refractivity contribution >= 4 is 28.5 Å². The molecular weight excluding hydrogens is 353 g/mol. The molecule has 0 aliphatic carbocycles. The summed E-state index contributed by atoms with van der Waals surface area (Å²) in [6.45, 7) is 2.77. The highest BCUT2D eigenvalue weighted by atomic mass is 19.1. The average molecular weight is 369 g/mol. The fourth-order valence-corrected chi connectivity index (χ4v) is 2.58. The van der Waals surface area contributed by atoms with Crippen LogP contribution in [0.2, 0.25) is 0 Å². The number of fused-ring (bicyclic) bond motifs is 1. The Hall–Kier alpha value is -3.48. The van der Waals surface area contributed by atoms with Gasteiger partial charge in [-0.25, -0.2) is 14.0 Å². The summed E-state index contributed by atoms with van der Waals surface area (Å²) in [5.41, 5.74) is 1.06. The molecule has 1 N–H and O–H groups in total. The first kappa shape index (κ1) is 18.3. The Morgan fingerprint density at radius 2 is 1.93 bits per heavy atom. The van der Waals surface area contributed by atoms with Gasteiger partial charge >= 0.3 is 11.6 Å². The molecule has 7 heteroatoms. The summed E-state index contributed by atoms with van der Waals surface area (Å²) in [4.78, 5) is 35.1. The van der Waals surface area contributed by atoms with Gasteiger partial charge in [0, 0.05) is 35.7 Å². The number of carbonyl (C=O) groups excluding carboxylic acids is 2. The topological polar surface area (TPSA) is 85.6 Å². The summed E-state index contributed by atoms with van der Waals surface area (Å²) in [5, 5.41) is 3.16. The molecule has 3 aromatic rings. The van der Waals surface area contributed by atoms with Gasteiger partial charge in [0.25, 0.3) is 0 Å². The lowest BCUT2D eigenvalue weighted by molar-refractivity contribution is -0.114. The van der Waals surface area contributed by atoms with Crippen LogP contribution in [0.5, 0.6) is 0 Å². The predicted molar refractivity (Wildman–Crippen MR) is 97.0 cm³/mol. The van der Waals surface area contributed by atoms with E-state index in [0.29, 0.717) is 22.2 Å². The van der Waals surface area contributed by atoms with Crippen LogP contribution >= 0.6 is 0 Å². The summed E-state index contributed by atoms with van der Waals surface area (Å²) in [5.74, 6) is -1.46. The van der Waals surface area contributed by atoms with Crippen LogP contribution in [0.3, 0.4) is 0 Å². The molecule has 0 saturated carbocycles. The minimum Gasteiger partial charge on any atom is -0.457 e. The lowest BCUT2D eigenvalue weighted by Gasteiger charge is -2.09. The van der Waals surface area contributed by atoms with Gasteiger partial charge in [-0.05, 0) is 36.8 Å². The van der Waals surface area contributed by atoms with E-state index in [4.69, 9.17) is 9.15 Å². The van der Waals surface area contributed by atoms with Crippen LogP contribution in [-0.2, 0) is 16.1 Å². The molecule has 0 saturated heterocycles. The number of hydrogen-bond donors (Lipinski definition) is 1. The zero-order valence-electron chi connectivity index (χ0n) is 14.7. The van der Waals surface area contributed by atoms with Crippen LogP contribution in [0.4, 0.5) is 10.1 Å². The van der Waals surface area contributed by atoms with Crippen molar-refractivity contribution in [3.05, 3.63) is 75.4 Å². The number of anilines is 1. The van der Waals surface area contributed by atoms with Crippen molar-refractivity contribution in [2.45, 2.75) is 20.5 Å². The third-order valence-electron chi connectivity index (χ3n) is 3.92. The number of esters is 1. The van der Waals surface area contributed by atoms with Crippen LogP contribution in [0.15, 0.2) is 51.7 Å². The number of nitrogens with one attached hydrogen (secondary N) is 1. The summed E-state index contributed by atoms with van der Waals surface area (Å²) in [6, 6.07) is 10.1. The normalized spacial score (nSPS) is 10.6. The van der Waals surface area contributed by atoms with Gasteiger partial charge in [0.2, 0.25) is 5.91 Å². The van der Waals surface area contributed by atoms with Gasteiger partial charge in [0.05, 0.1) is 5.56 Å². The maximum absolute atomic E-state index is 13.6. The Morgan fingerprint density at radius 1 is 1.15 bits per heavy atom. The molecule has 27 heavy (non-hydrogen) atoms. The number of aryl methyl sites for hydroxylation is 1. The van der Waals surface area contributed by atoms with Gasteiger partial charge in [0.1, 0.15) is 18.0 Å². The highest BCUT2D eigenvalue weighted by Gasteiger charge is 2.13. The molecule has 0 atom stereocenters. The number of ether oxygens (including phenoxy) is 1. The maximum atomic E-state index is 13.6. The van der Waals surface area contributed by atoms with Crippen molar-refractivity contribution in [1.29, 1.82) is 0 Å². The second-order valence-corrected chi connectivity index (χ2v) is 6.02. The second kappa shape index (κ2) is 7.41. The van der Waals surface area contributed by atoms with Crippen molar-refractivity contribution in [2.75, 3.05) is 5.32 Å². The van der Waals surface area contributed by atoms with Gasteiger partial charge in [-0.1, -0.05) is 6.07 Å². The van der Waals surface area contributed by atoms with Crippen molar-refractivity contribution in [1.82, 2.24) is 0 Å². The molecule has 6 nitrogen and oxygen atoms in total. The number of amides is 1. The van der Waals surface area contributed by atoms with E-state index < -0.39 is 17.4 Å². The van der Waals surface area contributed by atoms with Gasteiger partial charge in [-0.3, -0.25) is 4.79 Å². The maximum Gasteiger partial charge on any atom is 0.338 e. The minimum atomic E-state index is -0.704. The summed E-state index contributed by atoms with van der Waals surface area (Å²) >= 11 is 0. The molecule has 0 bridgehead atoms. The first-order chi connectivity index (χ1) is 12.8. The molecule has 138 valence electrons. The van der Waals surface area contributed by atoms with E-state index in [1.165, 1.54) is 31.2 Å². The number of benzene rings is 2. The van der Waals surface area contributed by atoms with E-state index in [-0.39, 0.29) is 23.7 Å². The quantitative estimate of drug-likeness (QED) is 0.561. The first-order valence-electron chi connectivity index (χ1n) is 8.11. The van der Waals surface area contributed by atoms with Crippen molar-refractivity contribution in [3.63, 3.8) is 0 Å². The molecular formula is C20H16FNO5. The molecule has 0 radical (unpaired) electrons. The second-order valence-electron chi connectivity index (χ2n) is 6.02. The van der Waals surface area contributed by atoms with Gasteiger partial charge < -0.3 is 14.5 Å². The van der Waals surface area contributed by atoms with Crippen LogP contribution in [0, 0.1) is 12.7 Å². The summed E-state index contributed by atoms with van der Waals surface area (Å²) in [6.07, 6.45) is 0. The van der Waals surface area contributed by atoms with Crippen molar-refractivity contribution in [3.8, 4) is 0 Å². The number of rotatable bonds is 4. The van der Waals surface area contributed by atoms with E-state index >= 15 is 0 Å². The van der Waals surface area contributed by atoms with E-state index in [0.717, 1.165) is 6.07 Å². The highest BCUT2D eigenvalue weighted by molar-refractivity contribution is 5.92. The first-order valence-corrected chi connectivity index (χ1v) is 8.11. The smallest absolute Gasteiger partial charge is 0.338 e. The van der Waals surface area contributed by atoms with Crippen molar-refractivity contribution < 1.29 is 23.1 Å². The molecule has 0 fully saturated rings. The zero-order chi connectivity index (χ0) is 19.6. The third-order valence-corrected chi connectivity index (χ3v) is 3.92. The molecule has 1 heterocycles. The number of hydrogen-bond acceptors (Lipinski definition) is 5. The van der Waals surface area contributed by atoms with Crippen LogP contribution in [-0.4, -0.2) is 11.9 Å². The SMILES string of the molecule is CC(=O)Nc1ccc2c(COC(=O)c3ccc(C)c(F)c3)cc(=O)oc2c1. The van der Waals surface area contributed by atoms with Crippen LogP contribution < -0.4 is 10.9 Å². The van der Waals surface area contributed by atoms with E-state index in [1.807, 2.05) is 0 Å². The summed E-state index contributed by atoms with van der Waals surface area (Å²) < 4.78 is 24.0. The molecule has 3 rings (SSSR count). The van der Waals surface area contributed by atoms with Crippen molar-refractivity contribution in [2.24, 2.45) is 0 Å². The molecule has 0 aliphatic rings. The molecule has 1 aromatic heterocycles. The molecule has 0 spiro atoms. The van der Waals surface area contributed by atoms with Gasteiger partial charge in [-0.2, -0.15) is 0 Å². The standard InChI is InChI=1S/C20H16FNO5/c1-11-3-4-13(7-17(11)21)20(25)26-10-14-8-19(24)27-18-9-15(22-12(2)23)5-6-16(14)18/h3-9H,10H2,1-2H3,(H,22,23). The fourth-order valence-electron chi connectivity index (χ4n) is 2.58. The third kappa shape index (κ3) is 4.20. The van der Waals surface area contributed by atoms with E-state index in [2.05, 4.69) is 5.32 Å². The Balaban J connectivity index is 1.85. The summed E-state index contributed by atoms with van der Waals surface area (Å²) in [7, 11) is 0. The zero-order valence-corrected chi connectivity index (χ0v) is 14.7. The van der Waals surface area contributed by atoms with Gasteiger partial charge in [-0.15, -0.1) is 0 Å². The molecule has 2 aromatic carbocycles. The van der Waals surface area contributed by atoms with Crippen LogP contribution in [0.25, 0.3) is 11.0 Å².